The van der Waals surface area contributed by atoms with Crippen molar-refractivity contribution < 1.29 is 4.79 Å². The molecular formula is C13H21N5O. The minimum absolute atomic E-state index is 0.00482. The fraction of sp³-hybridized carbons (Fsp3) is 0.769. The lowest BCUT2D eigenvalue weighted by atomic mass is 9.72. The average molecular weight is 263 g/mol. The van der Waals surface area contributed by atoms with E-state index in [2.05, 4.69) is 27.7 Å². The first-order valence-electron chi connectivity index (χ1n) is 7.03. The maximum atomic E-state index is 12.3. The second kappa shape index (κ2) is 4.92. The van der Waals surface area contributed by atoms with Crippen LogP contribution in [0.15, 0.2) is 6.20 Å². The molecule has 1 aliphatic carbocycles. The zero-order valence-electron chi connectivity index (χ0n) is 11.5. The molecule has 1 amide bonds. The van der Waals surface area contributed by atoms with E-state index < -0.39 is 0 Å². The summed E-state index contributed by atoms with van der Waals surface area (Å²) in [5, 5.41) is 13.5. The molecule has 2 aliphatic rings. The second-order valence-electron chi connectivity index (χ2n) is 5.84. The fourth-order valence-electron chi connectivity index (χ4n) is 3.74. The van der Waals surface area contributed by atoms with E-state index in [-0.39, 0.29) is 5.91 Å². The van der Waals surface area contributed by atoms with E-state index in [9.17, 15) is 4.79 Å². The van der Waals surface area contributed by atoms with Crippen molar-refractivity contribution in [3.05, 3.63) is 11.9 Å². The number of H-pyrrole nitrogens is 1. The molecule has 6 heteroatoms. The minimum Gasteiger partial charge on any atom is -0.337 e. The van der Waals surface area contributed by atoms with Crippen LogP contribution in [0.25, 0.3) is 0 Å². The first-order valence-corrected chi connectivity index (χ1v) is 7.03. The summed E-state index contributed by atoms with van der Waals surface area (Å²) in [5.74, 6) is 1.89. The van der Waals surface area contributed by atoms with Crippen molar-refractivity contribution in [2.45, 2.75) is 25.8 Å². The molecular weight excluding hydrogens is 242 g/mol. The van der Waals surface area contributed by atoms with Gasteiger partial charge in [0.2, 0.25) is 0 Å². The van der Waals surface area contributed by atoms with Gasteiger partial charge in [0, 0.05) is 19.1 Å². The molecule has 2 heterocycles. The Hall–Kier alpha value is -1.43. The summed E-state index contributed by atoms with van der Waals surface area (Å²) < 4.78 is 0. The van der Waals surface area contributed by atoms with Crippen LogP contribution in [0.3, 0.4) is 0 Å². The molecule has 0 aromatic carbocycles. The van der Waals surface area contributed by atoms with Gasteiger partial charge >= 0.3 is 0 Å². The molecule has 1 aromatic heterocycles. The van der Waals surface area contributed by atoms with Crippen LogP contribution in [0.4, 0.5) is 0 Å². The summed E-state index contributed by atoms with van der Waals surface area (Å²) in [5.41, 5.74) is 0.423. The number of likely N-dealkylation sites (tertiary alicyclic amines) is 1. The van der Waals surface area contributed by atoms with Crippen molar-refractivity contribution in [3.8, 4) is 0 Å². The molecule has 3 rings (SSSR count). The quantitative estimate of drug-likeness (QED) is 0.815. The van der Waals surface area contributed by atoms with Gasteiger partial charge in [0.05, 0.1) is 6.20 Å². The molecule has 2 fully saturated rings. The summed E-state index contributed by atoms with van der Waals surface area (Å²) >= 11 is 0. The molecule has 2 N–H and O–H groups in total. The number of amides is 1. The first-order chi connectivity index (χ1) is 9.20. The van der Waals surface area contributed by atoms with Crippen molar-refractivity contribution in [2.24, 2.45) is 17.8 Å². The maximum Gasteiger partial charge on any atom is 0.276 e. The lowest BCUT2D eigenvalue weighted by Gasteiger charge is -2.36. The molecule has 6 nitrogen and oxygen atoms in total. The number of rotatable bonds is 2. The van der Waals surface area contributed by atoms with Crippen molar-refractivity contribution in [2.75, 3.05) is 20.1 Å². The summed E-state index contributed by atoms with van der Waals surface area (Å²) in [6.07, 6.45) is 3.97. The predicted molar refractivity (Wildman–Crippen MR) is 70.5 cm³/mol. The summed E-state index contributed by atoms with van der Waals surface area (Å²) in [6.45, 7) is 4.01. The number of nitrogens with one attached hydrogen (secondary N) is 2. The molecule has 1 aromatic rings. The van der Waals surface area contributed by atoms with Gasteiger partial charge in [-0.1, -0.05) is 6.92 Å². The second-order valence-corrected chi connectivity index (χ2v) is 5.84. The molecule has 19 heavy (non-hydrogen) atoms. The molecule has 0 unspecified atom stereocenters. The Balaban J connectivity index is 1.76. The van der Waals surface area contributed by atoms with Gasteiger partial charge in [-0.25, -0.2) is 0 Å². The van der Waals surface area contributed by atoms with Crippen LogP contribution >= 0.6 is 0 Å². The zero-order valence-corrected chi connectivity index (χ0v) is 11.5. The Morgan fingerprint density at radius 2 is 2.21 bits per heavy atom. The Morgan fingerprint density at radius 1 is 1.42 bits per heavy atom. The molecule has 1 aliphatic heterocycles. The monoisotopic (exact) mass is 263 g/mol. The zero-order chi connectivity index (χ0) is 13.4. The van der Waals surface area contributed by atoms with Crippen LogP contribution < -0.4 is 5.32 Å². The number of fused-ring (bicyclic) bond motifs is 1. The fourth-order valence-corrected chi connectivity index (χ4v) is 3.74. The van der Waals surface area contributed by atoms with Crippen molar-refractivity contribution in [1.29, 1.82) is 0 Å². The molecule has 0 spiro atoms. The standard InChI is InChI=1S/C13H21N5O/c1-8-3-4-11(14-2)10-7-18(6-9(8)10)13(19)12-5-15-17-16-12/h5,8-11,14H,3-4,6-7H2,1-2H3,(H,15,16,17)/t8-,9-,10-,11+/m1/s1. The van der Waals surface area contributed by atoms with Gasteiger partial charge in [0.25, 0.3) is 5.91 Å². The van der Waals surface area contributed by atoms with E-state index in [1.54, 1.807) is 0 Å². The number of carbonyl (C=O) groups is 1. The minimum atomic E-state index is 0.00482. The normalized spacial score (nSPS) is 34.3. The summed E-state index contributed by atoms with van der Waals surface area (Å²) in [4.78, 5) is 14.3. The van der Waals surface area contributed by atoms with Gasteiger partial charge in [0.1, 0.15) is 0 Å². The van der Waals surface area contributed by atoms with Gasteiger partial charge in [-0.15, -0.1) is 0 Å². The van der Waals surface area contributed by atoms with Gasteiger partial charge in [0.15, 0.2) is 5.69 Å². The largest absolute Gasteiger partial charge is 0.337 e. The number of aromatic amines is 1. The highest BCUT2D eigenvalue weighted by Crippen LogP contribution is 2.40. The number of hydrogen-bond donors (Lipinski definition) is 2. The SMILES string of the molecule is CN[C@H]1CC[C@@H](C)[C@H]2CN(C(=O)c3cn[nH]n3)C[C@H]21. The molecule has 104 valence electrons. The molecule has 4 atom stereocenters. The topological polar surface area (TPSA) is 73.9 Å². The van der Waals surface area contributed by atoms with Crippen molar-refractivity contribution in [1.82, 2.24) is 25.6 Å². The molecule has 1 saturated carbocycles. The van der Waals surface area contributed by atoms with E-state index in [0.717, 1.165) is 13.1 Å². The van der Waals surface area contributed by atoms with Gasteiger partial charge < -0.3 is 10.2 Å². The smallest absolute Gasteiger partial charge is 0.276 e. The van der Waals surface area contributed by atoms with Crippen LogP contribution in [0.1, 0.15) is 30.3 Å². The molecule has 0 radical (unpaired) electrons. The number of hydrogen-bond acceptors (Lipinski definition) is 4. The highest BCUT2D eigenvalue weighted by Gasteiger charge is 2.44. The lowest BCUT2D eigenvalue weighted by Crippen LogP contribution is -2.43. The summed E-state index contributed by atoms with van der Waals surface area (Å²) in [7, 11) is 2.03. The third-order valence-corrected chi connectivity index (χ3v) is 4.89. The Labute approximate surface area is 112 Å². The van der Waals surface area contributed by atoms with Gasteiger partial charge in [-0.2, -0.15) is 15.4 Å². The van der Waals surface area contributed by atoms with Gasteiger partial charge in [-0.3, -0.25) is 4.79 Å². The Bertz CT molecular complexity index is 446. The third-order valence-electron chi connectivity index (χ3n) is 4.89. The van der Waals surface area contributed by atoms with Crippen LogP contribution in [0, 0.1) is 17.8 Å². The van der Waals surface area contributed by atoms with E-state index in [4.69, 9.17) is 0 Å². The highest BCUT2D eigenvalue weighted by atomic mass is 16.2. The third kappa shape index (κ3) is 2.14. The first kappa shape index (κ1) is 12.6. The van der Waals surface area contributed by atoms with Crippen molar-refractivity contribution >= 4 is 5.91 Å². The van der Waals surface area contributed by atoms with E-state index in [1.165, 1.54) is 19.0 Å². The highest BCUT2D eigenvalue weighted by molar-refractivity contribution is 5.92. The van der Waals surface area contributed by atoms with Gasteiger partial charge in [-0.05, 0) is 37.6 Å². The number of carbonyl (C=O) groups excluding carboxylic acids is 1. The van der Waals surface area contributed by atoms with Crippen LogP contribution in [-0.2, 0) is 0 Å². The van der Waals surface area contributed by atoms with Crippen LogP contribution in [0.2, 0.25) is 0 Å². The lowest BCUT2D eigenvalue weighted by molar-refractivity contribution is 0.0776. The molecule has 0 bridgehead atoms. The number of nitrogens with zero attached hydrogens (tertiary/aromatic N) is 3. The van der Waals surface area contributed by atoms with Crippen LogP contribution in [0.5, 0.6) is 0 Å². The van der Waals surface area contributed by atoms with E-state index in [1.807, 2.05) is 11.9 Å². The van der Waals surface area contributed by atoms with Crippen molar-refractivity contribution in [3.63, 3.8) is 0 Å². The predicted octanol–water partition coefficient (Wildman–Crippen LogP) is 0.511. The average Bonchev–Trinajstić information content (AvgIpc) is 3.08. The summed E-state index contributed by atoms with van der Waals surface area (Å²) in [6, 6.07) is 0.538. The Morgan fingerprint density at radius 3 is 2.89 bits per heavy atom. The maximum absolute atomic E-state index is 12.3. The van der Waals surface area contributed by atoms with E-state index >= 15 is 0 Å². The number of aromatic nitrogens is 3. The molecule has 1 saturated heterocycles. The van der Waals surface area contributed by atoms with E-state index in [0.29, 0.717) is 29.5 Å². The Kier molecular flexibility index (Phi) is 3.26. The van der Waals surface area contributed by atoms with Crippen LogP contribution in [-0.4, -0.2) is 52.4 Å².